The van der Waals surface area contributed by atoms with Gasteiger partial charge in [-0.25, -0.2) is 17.9 Å². The van der Waals surface area contributed by atoms with Crippen molar-refractivity contribution in [2.75, 3.05) is 26.8 Å². The second kappa shape index (κ2) is 11.7. The number of benzene rings is 2. The highest BCUT2D eigenvalue weighted by Gasteiger charge is 2.37. The SMILES string of the molecule is COCCN1C[C@@H](CC(=O)Cc2c(C)c(-c3cnn(C)c3)nn2-c2ccc(F)cc2)[C@H](c2ccc(F)c(F)c2)O1. The number of nitrogens with zero attached hydrogens (tertiary/aromatic N) is 5. The molecule has 3 heterocycles. The Hall–Kier alpha value is -3.80. The smallest absolute Gasteiger partial charge is 0.159 e. The minimum atomic E-state index is -0.969. The van der Waals surface area contributed by atoms with Crippen LogP contribution in [-0.4, -0.2) is 57.2 Å². The van der Waals surface area contributed by atoms with Gasteiger partial charge >= 0.3 is 0 Å². The lowest BCUT2D eigenvalue weighted by molar-refractivity contribution is -0.155. The number of aryl methyl sites for hydroxylation is 1. The summed E-state index contributed by atoms with van der Waals surface area (Å²) in [6.07, 6.45) is 3.13. The summed E-state index contributed by atoms with van der Waals surface area (Å²) in [5.74, 6) is -2.66. The van der Waals surface area contributed by atoms with Crippen LogP contribution in [0.4, 0.5) is 13.2 Å². The molecule has 0 bridgehead atoms. The van der Waals surface area contributed by atoms with Crippen molar-refractivity contribution >= 4 is 5.78 Å². The van der Waals surface area contributed by atoms with Gasteiger partial charge in [0.05, 0.1) is 29.9 Å². The number of hydrogen-bond donors (Lipinski definition) is 0. The van der Waals surface area contributed by atoms with Gasteiger partial charge in [-0.2, -0.15) is 15.3 Å². The third-order valence-electron chi connectivity index (χ3n) is 7.09. The molecule has 5 rings (SSSR count). The number of carbonyl (C=O) groups is 1. The molecule has 8 nitrogen and oxygen atoms in total. The molecule has 11 heteroatoms. The van der Waals surface area contributed by atoms with E-state index < -0.39 is 17.7 Å². The van der Waals surface area contributed by atoms with E-state index >= 15 is 0 Å². The first kappa shape index (κ1) is 27.8. The highest BCUT2D eigenvalue weighted by atomic mass is 19.2. The molecule has 1 aliphatic heterocycles. The molecule has 1 fully saturated rings. The summed E-state index contributed by atoms with van der Waals surface area (Å²) in [4.78, 5) is 19.6. The average molecular weight is 554 g/mol. The summed E-state index contributed by atoms with van der Waals surface area (Å²) in [5, 5.41) is 10.7. The van der Waals surface area contributed by atoms with Crippen LogP contribution in [0.5, 0.6) is 0 Å². The fourth-order valence-electron chi connectivity index (χ4n) is 5.08. The molecule has 0 N–H and O–H groups in total. The van der Waals surface area contributed by atoms with E-state index in [1.807, 2.05) is 20.2 Å². The molecule has 2 atom stereocenters. The molecule has 2 aromatic carbocycles. The number of halogens is 3. The molecule has 40 heavy (non-hydrogen) atoms. The van der Waals surface area contributed by atoms with E-state index in [1.54, 1.807) is 39.9 Å². The van der Waals surface area contributed by atoms with Crippen LogP contribution in [0.2, 0.25) is 0 Å². The first-order chi connectivity index (χ1) is 19.2. The molecule has 210 valence electrons. The summed E-state index contributed by atoms with van der Waals surface area (Å²) in [6, 6.07) is 9.58. The predicted molar refractivity (Wildman–Crippen MR) is 141 cm³/mol. The molecule has 4 aromatic rings. The average Bonchev–Trinajstić information content (AvgIpc) is 3.62. The number of hydrogen-bond acceptors (Lipinski definition) is 6. The summed E-state index contributed by atoms with van der Waals surface area (Å²) < 4.78 is 49.8. The van der Waals surface area contributed by atoms with Crippen LogP contribution < -0.4 is 0 Å². The summed E-state index contributed by atoms with van der Waals surface area (Å²) >= 11 is 0. The van der Waals surface area contributed by atoms with Crippen molar-refractivity contribution in [3.8, 4) is 16.9 Å². The van der Waals surface area contributed by atoms with Gasteiger partial charge in [0.2, 0.25) is 0 Å². The second-order valence-corrected chi connectivity index (χ2v) is 9.97. The van der Waals surface area contributed by atoms with Crippen molar-refractivity contribution < 1.29 is 27.5 Å². The first-order valence-corrected chi connectivity index (χ1v) is 12.9. The Balaban J connectivity index is 1.43. The van der Waals surface area contributed by atoms with Crippen LogP contribution in [0.25, 0.3) is 16.9 Å². The molecule has 2 aromatic heterocycles. The molecule has 0 amide bonds. The quantitative estimate of drug-likeness (QED) is 0.282. The largest absolute Gasteiger partial charge is 0.383 e. The maximum absolute atomic E-state index is 14.1. The molecule has 0 saturated carbocycles. The van der Waals surface area contributed by atoms with Crippen LogP contribution in [0.1, 0.15) is 29.3 Å². The third kappa shape index (κ3) is 5.86. The third-order valence-corrected chi connectivity index (χ3v) is 7.09. The van der Waals surface area contributed by atoms with E-state index in [-0.39, 0.29) is 30.4 Å². The van der Waals surface area contributed by atoms with E-state index in [0.717, 1.165) is 23.3 Å². The number of hydroxylamine groups is 2. The van der Waals surface area contributed by atoms with Gasteiger partial charge in [0.15, 0.2) is 11.6 Å². The normalized spacial score (nSPS) is 17.6. The first-order valence-electron chi connectivity index (χ1n) is 12.9. The number of Topliss-reactive ketones (excluding diaryl/α,β-unsaturated/α-hetero) is 1. The standard InChI is InChI=1S/C29H30F3N5O3/c1-18-27(37(23-7-5-22(30)6-8-23)34-28(18)21-15-33-35(2)16-21)14-24(38)12-20-17-36(10-11-39-3)40-29(20)19-4-9-25(31)26(32)13-19/h4-9,13,15-16,20,29H,10-12,14,17H2,1-3H3/t20-,29+/m1/s1. The van der Waals surface area contributed by atoms with Gasteiger partial charge in [-0.1, -0.05) is 6.07 Å². The maximum atomic E-state index is 14.1. The van der Waals surface area contributed by atoms with Gasteiger partial charge < -0.3 is 4.74 Å². The molecule has 0 spiro atoms. The number of carbonyl (C=O) groups excluding carboxylic acids is 1. The Morgan fingerprint density at radius 2 is 1.90 bits per heavy atom. The van der Waals surface area contributed by atoms with Crippen molar-refractivity contribution in [3.05, 3.63) is 89.1 Å². The molecule has 0 radical (unpaired) electrons. The van der Waals surface area contributed by atoms with Crippen molar-refractivity contribution in [1.29, 1.82) is 0 Å². The number of rotatable bonds is 10. The van der Waals surface area contributed by atoms with Crippen LogP contribution in [0, 0.1) is 30.3 Å². The highest BCUT2D eigenvalue weighted by molar-refractivity contribution is 5.82. The van der Waals surface area contributed by atoms with Crippen molar-refractivity contribution in [2.24, 2.45) is 13.0 Å². The van der Waals surface area contributed by atoms with Gasteiger partial charge in [0.1, 0.15) is 17.7 Å². The number of ether oxygens (including phenoxy) is 1. The van der Waals surface area contributed by atoms with Crippen LogP contribution in [0.3, 0.4) is 0 Å². The minimum absolute atomic E-state index is 0.0650. The van der Waals surface area contributed by atoms with Crippen LogP contribution in [-0.2, 0) is 27.8 Å². The Morgan fingerprint density at radius 1 is 1.12 bits per heavy atom. The number of methoxy groups -OCH3 is 1. The van der Waals surface area contributed by atoms with Gasteiger partial charge in [-0.15, -0.1) is 0 Å². The lowest BCUT2D eigenvalue weighted by atomic mass is 9.90. The topological polar surface area (TPSA) is 74.4 Å². The Morgan fingerprint density at radius 3 is 2.58 bits per heavy atom. The highest BCUT2D eigenvalue weighted by Crippen LogP contribution is 2.37. The fraction of sp³-hybridized carbons (Fsp3) is 0.345. The van der Waals surface area contributed by atoms with E-state index in [4.69, 9.17) is 14.7 Å². The second-order valence-electron chi connectivity index (χ2n) is 9.97. The van der Waals surface area contributed by atoms with Crippen LogP contribution in [0.15, 0.2) is 54.9 Å². The monoisotopic (exact) mass is 553 g/mol. The van der Waals surface area contributed by atoms with E-state index in [1.165, 1.54) is 18.2 Å². The molecule has 1 aliphatic rings. The van der Waals surface area contributed by atoms with Gasteiger partial charge in [-0.3, -0.25) is 14.3 Å². The van der Waals surface area contributed by atoms with Crippen molar-refractivity contribution in [1.82, 2.24) is 24.6 Å². The summed E-state index contributed by atoms with van der Waals surface area (Å²) in [6.45, 7) is 3.20. The van der Waals surface area contributed by atoms with Gasteiger partial charge in [0, 0.05) is 57.8 Å². The lowest BCUT2D eigenvalue weighted by Crippen LogP contribution is -2.24. The Bertz CT molecular complexity index is 1500. The minimum Gasteiger partial charge on any atom is -0.383 e. The maximum Gasteiger partial charge on any atom is 0.159 e. The molecular formula is C29H30F3N5O3. The molecule has 0 unspecified atom stereocenters. The number of ketones is 1. The zero-order valence-electron chi connectivity index (χ0n) is 22.5. The Labute approximate surface area is 229 Å². The van der Waals surface area contributed by atoms with Crippen LogP contribution >= 0.6 is 0 Å². The summed E-state index contributed by atoms with van der Waals surface area (Å²) in [5.41, 5.74) is 4.04. The van der Waals surface area contributed by atoms with Gasteiger partial charge in [0.25, 0.3) is 0 Å². The van der Waals surface area contributed by atoms with E-state index in [0.29, 0.717) is 42.3 Å². The van der Waals surface area contributed by atoms with E-state index in [9.17, 15) is 18.0 Å². The summed E-state index contributed by atoms with van der Waals surface area (Å²) in [7, 11) is 3.39. The molecule has 0 aliphatic carbocycles. The predicted octanol–water partition coefficient (Wildman–Crippen LogP) is 4.75. The Kier molecular flexibility index (Phi) is 8.15. The lowest BCUT2D eigenvalue weighted by Gasteiger charge is -2.18. The molecular weight excluding hydrogens is 523 g/mol. The van der Waals surface area contributed by atoms with E-state index in [2.05, 4.69) is 5.10 Å². The zero-order chi connectivity index (χ0) is 28.4. The fourth-order valence-corrected chi connectivity index (χ4v) is 5.08. The zero-order valence-corrected chi connectivity index (χ0v) is 22.5. The van der Waals surface area contributed by atoms with Gasteiger partial charge in [-0.05, 0) is 54.4 Å². The van der Waals surface area contributed by atoms with Crippen molar-refractivity contribution in [3.63, 3.8) is 0 Å². The number of aromatic nitrogens is 4. The van der Waals surface area contributed by atoms with Crippen molar-refractivity contribution in [2.45, 2.75) is 25.9 Å². The molecule has 1 saturated heterocycles.